The highest BCUT2D eigenvalue weighted by molar-refractivity contribution is 5.82. The van der Waals surface area contributed by atoms with Gasteiger partial charge in [-0.05, 0) is 6.42 Å². The molecule has 2 rings (SSSR count). The van der Waals surface area contributed by atoms with E-state index in [1.807, 2.05) is 0 Å². The molecule has 2 aliphatic heterocycles. The van der Waals surface area contributed by atoms with Crippen LogP contribution in [0.2, 0.25) is 0 Å². The van der Waals surface area contributed by atoms with Crippen LogP contribution in [0.3, 0.4) is 0 Å². The van der Waals surface area contributed by atoms with E-state index in [0.29, 0.717) is 12.6 Å². The molecular weight excluding hydrogens is 144 g/mol. The maximum atomic E-state index is 11.3. The average molecular weight is 156 g/mol. The normalized spacial score (nSPS) is 41.0. The van der Waals surface area contributed by atoms with E-state index >= 15 is 0 Å². The molecule has 2 atom stereocenters. The summed E-state index contributed by atoms with van der Waals surface area (Å²) >= 11 is 0. The molecule has 0 aliphatic carbocycles. The molecule has 0 saturated carbocycles. The number of ether oxygens (including phenoxy) is 1. The van der Waals surface area contributed by atoms with Gasteiger partial charge >= 0.3 is 5.97 Å². The van der Waals surface area contributed by atoms with Gasteiger partial charge in [0.2, 0.25) is 0 Å². The molecule has 2 heterocycles. The van der Waals surface area contributed by atoms with Crippen molar-refractivity contribution >= 4 is 5.97 Å². The Hall–Kier alpha value is -0.610. The molecule has 2 aliphatic rings. The van der Waals surface area contributed by atoms with E-state index in [9.17, 15) is 4.79 Å². The van der Waals surface area contributed by atoms with E-state index < -0.39 is 5.54 Å². The number of nitrogens with one attached hydrogen (secondary N) is 2. The first-order valence-corrected chi connectivity index (χ1v) is 3.84. The molecule has 2 fully saturated rings. The summed E-state index contributed by atoms with van der Waals surface area (Å²) in [6, 6.07) is 0.467. The summed E-state index contributed by atoms with van der Waals surface area (Å²) in [5, 5.41) is 6.43. The maximum absolute atomic E-state index is 11.3. The quantitative estimate of drug-likeness (QED) is 0.471. The Morgan fingerprint density at radius 2 is 2.55 bits per heavy atom. The fraction of sp³-hybridized carbons (Fsp3) is 0.857. The minimum absolute atomic E-state index is 0.134. The SMILES string of the molecule is COC(=O)[C@@]12CN[C@@H](CN1)C2. The molecule has 2 bridgehead atoms. The van der Waals surface area contributed by atoms with Crippen LogP contribution in [-0.2, 0) is 9.53 Å². The topological polar surface area (TPSA) is 50.4 Å². The van der Waals surface area contributed by atoms with Gasteiger partial charge in [-0.25, -0.2) is 0 Å². The molecule has 0 amide bonds. The Bertz CT molecular complexity index is 185. The summed E-state index contributed by atoms with van der Waals surface area (Å²) in [6.07, 6.45) is 0.875. The number of rotatable bonds is 1. The van der Waals surface area contributed by atoms with E-state index in [4.69, 9.17) is 4.74 Å². The highest BCUT2D eigenvalue weighted by Gasteiger charge is 2.50. The summed E-state index contributed by atoms with van der Waals surface area (Å²) in [5.74, 6) is -0.134. The fourth-order valence-electron chi connectivity index (χ4n) is 1.90. The van der Waals surface area contributed by atoms with Gasteiger partial charge in [-0.15, -0.1) is 0 Å². The number of carbonyl (C=O) groups is 1. The molecule has 4 heteroatoms. The Morgan fingerprint density at radius 3 is 2.91 bits per heavy atom. The van der Waals surface area contributed by atoms with Crippen molar-refractivity contribution in [3.8, 4) is 0 Å². The molecule has 4 nitrogen and oxygen atoms in total. The first kappa shape index (κ1) is 7.06. The number of carbonyl (C=O) groups excluding carboxylic acids is 1. The second-order valence-electron chi connectivity index (χ2n) is 3.24. The van der Waals surface area contributed by atoms with E-state index in [1.54, 1.807) is 0 Å². The van der Waals surface area contributed by atoms with Crippen LogP contribution in [0.5, 0.6) is 0 Å². The number of fused-ring (bicyclic) bond motifs is 2. The molecule has 0 aromatic heterocycles. The molecule has 0 unspecified atom stereocenters. The van der Waals surface area contributed by atoms with Crippen molar-refractivity contribution < 1.29 is 9.53 Å². The summed E-state index contributed by atoms with van der Waals surface area (Å²) in [4.78, 5) is 11.3. The van der Waals surface area contributed by atoms with E-state index in [-0.39, 0.29) is 5.97 Å². The minimum atomic E-state index is -0.403. The standard InChI is InChI=1S/C7H12N2O2/c1-11-6(10)7-2-5(3-9-7)8-4-7/h5,8-9H,2-4H2,1H3/t5-,7-/m1/s1. The highest BCUT2D eigenvalue weighted by atomic mass is 16.5. The minimum Gasteiger partial charge on any atom is -0.468 e. The fourth-order valence-corrected chi connectivity index (χ4v) is 1.90. The smallest absolute Gasteiger partial charge is 0.327 e. The maximum Gasteiger partial charge on any atom is 0.327 e. The Morgan fingerprint density at radius 1 is 1.73 bits per heavy atom. The monoisotopic (exact) mass is 156 g/mol. The Labute approximate surface area is 65.3 Å². The van der Waals surface area contributed by atoms with Crippen molar-refractivity contribution in [3.05, 3.63) is 0 Å². The third-order valence-corrected chi connectivity index (χ3v) is 2.55. The number of hydrogen-bond acceptors (Lipinski definition) is 4. The molecule has 2 N–H and O–H groups in total. The largest absolute Gasteiger partial charge is 0.468 e. The summed E-state index contributed by atoms with van der Waals surface area (Å²) in [5.41, 5.74) is -0.403. The third kappa shape index (κ3) is 0.862. The van der Waals surface area contributed by atoms with Gasteiger partial charge in [0.15, 0.2) is 0 Å². The molecule has 2 saturated heterocycles. The third-order valence-electron chi connectivity index (χ3n) is 2.55. The van der Waals surface area contributed by atoms with E-state index in [0.717, 1.165) is 13.0 Å². The molecule has 0 spiro atoms. The van der Waals surface area contributed by atoms with Gasteiger partial charge in [-0.2, -0.15) is 0 Å². The van der Waals surface area contributed by atoms with Gasteiger partial charge < -0.3 is 10.1 Å². The molecule has 62 valence electrons. The second kappa shape index (κ2) is 2.19. The molecular formula is C7H12N2O2. The van der Waals surface area contributed by atoms with Crippen LogP contribution in [0, 0.1) is 0 Å². The Balaban J connectivity index is 2.16. The van der Waals surface area contributed by atoms with Gasteiger partial charge in [0.1, 0.15) is 5.54 Å². The van der Waals surface area contributed by atoms with E-state index in [2.05, 4.69) is 10.6 Å². The number of methoxy groups -OCH3 is 1. The first-order chi connectivity index (χ1) is 5.27. The molecule has 11 heavy (non-hydrogen) atoms. The zero-order valence-electron chi connectivity index (χ0n) is 6.52. The molecule has 0 aromatic rings. The zero-order valence-corrected chi connectivity index (χ0v) is 6.52. The van der Waals surface area contributed by atoms with Crippen LogP contribution in [-0.4, -0.2) is 37.7 Å². The first-order valence-electron chi connectivity index (χ1n) is 3.84. The van der Waals surface area contributed by atoms with Gasteiger partial charge in [0.25, 0.3) is 0 Å². The van der Waals surface area contributed by atoms with E-state index in [1.165, 1.54) is 7.11 Å². The number of piperazine rings is 1. The average Bonchev–Trinajstić information content (AvgIpc) is 2.62. The summed E-state index contributed by atoms with van der Waals surface area (Å²) < 4.78 is 4.71. The number of hydrogen-bond donors (Lipinski definition) is 2. The number of esters is 1. The zero-order chi connectivity index (χ0) is 7.90. The van der Waals surface area contributed by atoms with Crippen LogP contribution < -0.4 is 10.6 Å². The van der Waals surface area contributed by atoms with Crippen LogP contribution in [0.15, 0.2) is 0 Å². The lowest BCUT2D eigenvalue weighted by Crippen LogP contribution is -2.55. The van der Waals surface area contributed by atoms with Crippen LogP contribution in [0.4, 0.5) is 0 Å². The summed E-state index contributed by atoms with van der Waals surface area (Å²) in [6.45, 7) is 1.60. The van der Waals surface area contributed by atoms with Crippen LogP contribution >= 0.6 is 0 Å². The second-order valence-corrected chi connectivity index (χ2v) is 3.24. The van der Waals surface area contributed by atoms with Crippen molar-refractivity contribution in [3.63, 3.8) is 0 Å². The van der Waals surface area contributed by atoms with Gasteiger partial charge in [0.05, 0.1) is 7.11 Å². The van der Waals surface area contributed by atoms with Gasteiger partial charge in [-0.3, -0.25) is 10.1 Å². The van der Waals surface area contributed by atoms with Crippen molar-refractivity contribution in [2.75, 3.05) is 20.2 Å². The lowest BCUT2D eigenvalue weighted by Gasteiger charge is -2.24. The predicted molar refractivity (Wildman–Crippen MR) is 39.2 cm³/mol. The van der Waals surface area contributed by atoms with Crippen molar-refractivity contribution in [1.82, 2.24) is 10.6 Å². The van der Waals surface area contributed by atoms with Crippen molar-refractivity contribution in [1.29, 1.82) is 0 Å². The lowest BCUT2D eigenvalue weighted by molar-refractivity contribution is -0.147. The van der Waals surface area contributed by atoms with Crippen molar-refractivity contribution in [2.45, 2.75) is 18.0 Å². The van der Waals surface area contributed by atoms with Crippen LogP contribution in [0.25, 0.3) is 0 Å². The lowest BCUT2D eigenvalue weighted by atomic mass is 10.0. The van der Waals surface area contributed by atoms with Crippen molar-refractivity contribution in [2.24, 2.45) is 0 Å². The molecule has 0 radical (unpaired) electrons. The van der Waals surface area contributed by atoms with Crippen LogP contribution in [0.1, 0.15) is 6.42 Å². The van der Waals surface area contributed by atoms with Gasteiger partial charge in [-0.1, -0.05) is 0 Å². The Kier molecular flexibility index (Phi) is 1.40. The molecule has 0 aromatic carbocycles. The predicted octanol–water partition coefficient (Wildman–Crippen LogP) is -1.14. The highest BCUT2D eigenvalue weighted by Crippen LogP contribution is 2.26. The summed E-state index contributed by atoms with van der Waals surface area (Å²) in [7, 11) is 1.43. The van der Waals surface area contributed by atoms with Gasteiger partial charge in [0, 0.05) is 19.1 Å².